The highest BCUT2D eigenvalue weighted by Crippen LogP contribution is 2.37. The molecule has 0 atom stereocenters. The number of sulfone groups is 1. The van der Waals surface area contributed by atoms with E-state index in [1.165, 1.54) is 41.9 Å². The van der Waals surface area contributed by atoms with Crippen molar-refractivity contribution in [2.75, 3.05) is 19.6 Å². The van der Waals surface area contributed by atoms with Gasteiger partial charge in [-0.15, -0.1) is 38.0 Å². The van der Waals surface area contributed by atoms with E-state index >= 15 is 0 Å². The minimum atomic E-state index is -4.81. The standard InChI is InChI=1S/C24H25F3N4O6S.2ClH/c25-24(26,27)37-20-3-1-18(2-4-20)36-19-5-7-21(8-6-19)38(34,35)23(22(32)29-33)9-12-30(13-10-23)15-16-31-14-11-28-17-31;;/h1-8,11,14,17,33H,9-10,12-13,15-16H2,(H,29,32);2*1H. The van der Waals surface area contributed by atoms with E-state index in [1.54, 1.807) is 12.5 Å². The zero-order chi connectivity index (χ0) is 27.4. The van der Waals surface area contributed by atoms with Crippen LogP contribution in [0.25, 0.3) is 0 Å². The van der Waals surface area contributed by atoms with Gasteiger partial charge in [-0.2, -0.15) is 0 Å². The maximum atomic E-state index is 13.6. The van der Waals surface area contributed by atoms with Gasteiger partial charge in [-0.1, -0.05) is 0 Å². The van der Waals surface area contributed by atoms with Crippen LogP contribution in [-0.2, 0) is 21.2 Å². The topological polar surface area (TPSA) is 123 Å². The lowest BCUT2D eigenvalue weighted by molar-refractivity contribution is -0.274. The smallest absolute Gasteiger partial charge is 0.457 e. The van der Waals surface area contributed by atoms with Gasteiger partial charge in [-0.05, 0) is 61.4 Å². The van der Waals surface area contributed by atoms with E-state index in [0.29, 0.717) is 26.2 Å². The van der Waals surface area contributed by atoms with Crippen LogP contribution >= 0.6 is 24.8 Å². The van der Waals surface area contributed by atoms with Gasteiger partial charge in [0.15, 0.2) is 14.6 Å². The fraction of sp³-hybridized carbons (Fsp3) is 0.333. The average Bonchev–Trinajstić information content (AvgIpc) is 3.42. The van der Waals surface area contributed by atoms with Gasteiger partial charge in [0.1, 0.15) is 17.2 Å². The third-order valence-electron chi connectivity index (χ3n) is 6.35. The second-order valence-electron chi connectivity index (χ2n) is 8.67. The predicted molar refractivity (Wildman–Crippen MR) is 142 cm³/mol. The van der Waals surface area contributed by atoms with E-state index in [2.05, 4.69) is 9.72 Å². The molecular formula is C24H27Cl2F3N4O6S. The van der Waals surface area contributed by atoms with Gasteiger partial charge in [0.25, 0.3) is 5.91 Å². The Kier molecular flexibility index (Phi) is 11.2. The molecule has 2 aromatic carbocycles. The summed E-state index contributed by atoms with van der Waals surface area (Å²) >= 11 is 0. The molecule has 1 fully saturated rings. The van der Waals surface area contributed by atoms with Crippen LogP contribution in [0.4, 0.5) is 13.2 Å². The van der Waals surface area contributed by atoms with Crippen molar-refractivity contribution in [3.8, 4) is 17.2 Å². The number of imidazole rings is 1. The first kappa shape index (κ1) is 33.2. The number of rotatable bonds is 9. The minimum absolute atomic E-state index is 0. The zero-order valence-electron chi connectivity index (χ0n) is 20.8. The van der Waals surface area contributed by atoms with Crippen molar-refractivity contribution in [3.63, 3.8) is 0 Å². The summed E-state index contributed by atoms with van der Waals surface area (Å²) in [7, 11) is -4.22. The number of benzene rings is 2. The number of nitrogens with zero attached hydrogens (tertiary/aromatic N) is 3. The molecule has 0 bridgehead atoms. The number of hydroxylamine groups is 1. The summed E-state index contributed by atoms with van der Waals surface area (Å²) in [6.45, 7) is 1.96. The summed E-state index contributed by atoms with van der Waals surface area (Å²) in [5.41, 5.74) is 1.53. The number of carbonyl (C=O) groups is 1. The second kappa shape index (κ2) is 13.5. The highest BCUT2D eigenvalue weighted by atomic mass is 35.5. The highest BCUT2D eigenvalue weighted by Gasteiger charge is 2.52. The predicted octanol–water partition coefficient (Wildman–Crippen LogP) is 4.23. The maximum absolute atomic E-state index is 13.6. The first-order valence-electron chi connectivity index (χ1n) is 11.5. The molecule has 2 N–H and O–H groups in total. The van der Waals surface area contributed by atoms with Crippen LogP contribution in [0.1, 0.15) is 12.8 Å². The molecule has 0 saturated carbocycles. The van der Waals surface area contributed by atoms with Gasteiger partial charge in [0, 0.05) is 38.6 Å². The Bertz CT molecular complexity index is 1330. The normalized spacial score (nSPS) is 15.3. The van der Waals surface area contributed by atoms with E-state index in [-0.39, 0.29) is 54.1 Å². The Morgan fingerprint density at radius 1 is 0.975 bits per heavy atom. The fourth-order valence-corrected chi connectivity index (χ4v) is 6.25. The van der Waals surface area contributed by atoms with E-state index < -0.39 is 32.6 Å². The van der Waals surface area contributed by atoms with Crippen molar-refractivity contribution in [2.24, 2.45) is 0 Å². The molecule has 0 radical (unpaired) electrons. The van der Waals surface area contributed by atoms with Crippen molar-refractivity contribution in [1.29, 1.82) is 0 Å². The van der Waals surface area contributed by atoms with Crippen molar-refractivity contribution < 1.29 is 41.1 Å². The average molecular weight is 627 g/mol. The molecule has 3 aromatic rings. The number of hydrogen-bond acceptors (Lipinski definition) is 8. The maximum Gasteiger partial charge on any atom is 0.573 e. The molecule has 1 aromatic heterocycles. The first-order valence-corrected chi connectivity index (χ1v) is 13.0. The van der Waals surface area contributed by atoms with Crippen molar-refractivity contribution in [2.45, 2.75) is 35.4 Å². The SMILES string of the molecule is Cl.Cl.O=C(NO)C1(S(=O)(=O)c2ccc(Oc3ccc(OC(F)(F)F)cc3)cc2)CCN(CCn2ccnc2)CC1. The third kappa shape index (κ3) is 7.57. The van der Waals surface area contributed by atoms with E-state index in [1.807, 2.05) is 15.7 Å². The Hall–Kier alpha value is -3.04. The molecular weight excluding hydrogens is 600 g/mol. The molecule has 1 aliphatic heterocycles. The number of alkyl halides is 3. The summed E-state index contributed by atoms with van der Waals surface area (Å²) in [4.78, 5) is 18.6. The Morgan fingerprint density at radius 3 is 2.02 bits per heavy atom. The molecule has 10 nitrogen and oxygen atoms in total. The van der Waals surface area contributed by atoms with Crippen molar-refractivity contribution in [3.05, 3.63) is 67.3 Å². The van der Waals surface area contributed by atoms with Crippen LogP contribution < -0.4 is 15.0 Å². The molecule has 16 heteroatoms. The lowest BCUT2D eigenvalue weighted by atomic mass is 9.95. The molecule has 4 rings (SSSR count). The zero-order valence-corrected chi connectivity index (χ0v) is 23.2. The monoisotopic (exact) mass is 626 g/mol. The van der Waals surface area contributed by atoms with E-state index in [0.717, 1.165) is 12.1 Å². The van der Waals surface area contributed by atoms with Gasteiger partial charge in [0.2, 0.25) is 0 Å². The largest absolute Gasteiger partial charge is 0.573 e. The van der Waals surface area contributed by atoms with Crippen LogP contribution in [0.15, 0.2) is 72.1 Å². The number of carbonyl (C=O) groups excluding carboxylic acids is 1. The number of amides is 1. The number of likely N-dealkylation sites (tertiary alicyclic amines) is 1. The van der Waals surface area contributed by atoms with Crippen LogP contribution in [0.3, 0.4) is 0 Å². The number of ether oxygens (including phenoxy) is 2. The van der Waals surface area contributed by atoms with Gasteiger partial charge < -0.3 is 18.9 Å². The van der Waals surface area contributed by atoms with Gasteiger partial charge in [0.05, 0.1) is 11.2 Å². The summed E-state index contributed by atoms with van der Waals surface area (Å²) in [5.74, 6) is -0.975. The molecule has 1 saturated heterocycles. The van der Waals surface area contributed by atoms with E-state index in [9.17, 15) is 31.6 Å². The number of halogens is 5. The molecule has 0 aliphatic carbocycles. The Morgan fingerprint density at radius 2 is 1.52 bits per heavy atom. The quantitative estimate of drug-likeness (QED) is 0.267. The van der Waals surface area contributed by atoms with Crippen LogP contribution in [0.5, 0.6) is 17.2 Å². The molecule has 2 heterocycles. The van der Waals surface area contributed by atoms with Crippen molar-refractivity contribution >= 4 is 40.6 Å². The Labute approximate surface area is 240 Å². The third-order valence-corrected chi connectivity index (χ3v) is 8.87. The van der Waals surface area contributed by atoms with Gasteiger partial charge in [-0.3, -0.25) is 10.0 Å². The fourth-order valence-electron chi connectivity index (χ4n) is 4.29. The number of aromatic nitrogens is 2. The highest BCUT2D eigenvalue weighted by molar-refractivity contribution is 7.93. The molecule has 1 aliphatic rings. The van der Waals surface area contributed by atoms with Crippen LogP contribution in [0.2, 0.25) is 0 Å². The van der Waals surface area contributed by atoms with Crippen molar-refractivity contribution in [1.82, 2.24) is 19.9 Å². The van der Waals surface area contributed by atoms with Crippen LogP contribution in [-0.4, -0.2) is 64.7 Å². The summed E-state index contributed by atoms with van der Waals surface area (Å²) in [6, 6.07) is 10.0. The summed E-state index contributed by atoms with van der Waals surface area (Å²) in [5, 5.41) is 9.37. The first-order chi connectivity index (χ1) is 18.0. The lowest BCUT2D eigenvalue weighted by Crippen LogP contribution is -2.57. The molecule has 40 heavy (non-hydrogen) atoms. The number of nitrogens with one attached hydrogen (secondary N) is 1. The van der Waals surface area contributed by atoms with Gasteiger partial charge >= 0.3 is 6.36 Å². The number of piperidine rings is 1. The lowest BCUT2D eigenvalue weighted by Gasteiger charge is -2.39. The second-order valence-corrected chi connectivity index (χ2v) is 10.9. The van der Waals surface area contributed by atoms with Crippen LogP contribution in [0, 0.1) is 0 Å². The summed E-state index contributed by atoms with van der Waals surface area (Å²) in [6.07, 6.45) is 0.321. The molecule has 220 valence electrons. The Balaban J connectivity index is 0.00000280. The molecule has 0 spiro atoms. The summed E-state index contributed by atoms with van der Waals surface area (Å²) < 4.78 is 73.6. The van der Waals surface area contributed by atoms with Gasteiger partial charge in [-0.25, -0.2) is 18.9 Å². The number of hydrogen-bond donors (Lipinski definition) is 2. The molecule has 0 unspecified atom stereocenters. The molecule has 1 amide bonds. The van der Waals surface area contributed by atoms with E-state index in [4.69, 9.17) is 4.74 Å². The minimum Gasteiger partial charge on any atom is -0.457 e.